The van der Waals surface area contributed by atoms with Gasteiger partial charge in [-0.2, -0.15) is 0 Å². The van der Waals surface area contributed by atoms with Crippen LogP contribution >= 0.6 is 0 Å². The summed E-state index contributed by atoms with van der Waals surface area (Å²) in [5.41, 5.74) is 2.52. The summed E-state index contributed by atoms with van der Waals surface area (Å²) in [6.07, 6.45) is 7.98. The monoisotopic (exact) mass is 434 g/mol. The number of hydrogen-bond donors (Lipinski definition) is 1. The molecule has 1 aliphatic rings. The summed E-state index contributed by atoms with van der Waals surface area (Å²) in [5.74, 6) is -0.235. The highest BCUT2D eigenvalue weighted by atomic mass is 19.1. The second kappa shape index (κ2) is 7.79. The lowest BCUT2D eigenvalue weighted by Crippen LogP contribution is -2.50. The van der Waals surface area contributed by atoms with Crippen molar-refractivity contribution in [2.45, 2.75) is 19.9 Å². The van der Waals surface area contributed by atoms with Crippen molar-refractivity contribution in [3.8, 4) is 0 Å². The van der Waals surface area contributed by atoms with Crippen LogP contribution in [0.15, 0.2) is 37.1 Å². The molecule has 164 valence electrons. The van der Waals surface area contributed by atoms with Crippen molar-refractivity contribution in [2.75, 3.05) is 36.9 Å². The molecule has 1 unspecified atom stereocenters. The zero-order valence-corrected chi connectivity index (χ0v) is 18.1. The Morgan fingerprint density at radius 1 is 1.16 bits per heavy atom. The highest BCUT2D eigenvalue weighted by Gasteiger charge is 2.25. The van der Waals surface area contributed by atoms with Gasteiger partial charge >= 0.3 is 0 Å². The Morgan fingerprint density at radius 2 is 1.94 bits per heavy atom. The van der Waals surface area contributed by atoms with Gasteiger partial charge in [-0.3, -0.25) is 9.78 Å². The molecule has 0 bridgehead atoms. The molecule has 1 atom stereocenters. The van der Waals surface area contributed by atoms with Crippen molar-refractivity contribution < 1.29 is 9.18 Å². The third-order valence-corrected chi connectivity index (χ3v) is 5.87. The number of nitrogens with one attached hydrogen (secondary N) is 1. The number of anilines is 2. The van der Waals surface area contributed by atoms with Crippen molar-refractivity contribution in [1.29, 1.82) is 0 Å². The van der Waals surface area contributed by atoms with E-state index in [9.17, 15) is 9.18 Å². The summed E-state index contributed by atoms with van der Waals surface area (Å²) in [6.45, 7) is 6.48. The zero-order chi connectivity index (χ0) is 22.4. The fourth-order valence-electron chi connectivity index (χ4n) is 4.03. The average molecular weight is 434 g/mol. The number of fused-ring (bicyclic) bond motifs is 2. The van der Waals surface area contributed by atoms with Crippen LogP contribution in [-0.2, 0) is 0 Å². The van der Waals surface area contributed by atoms with E-state index in [4.69, 9.17) is 0 Å². The van der Waals surface area contributed by atoms with E-state index in [0.717, 1.165) is 19.6 Å². The number of halogens is 1. The summed E-state index contributed by atoms with van der Waals surface area (Å²) < 4.78 is 16.0. The molecule has 0 radical (unpaired) electrons. The lowest BCUT2D eigenvalue weighted by Gasteiger charge is -2.38. The molecule has 1 saturated heterocycles. The zero-order valence-electron chi connectivity index (χ0n) is 18.1. The van der Waals surface area contributed by atoms with Gasteiger partial charge < -0.3 is 19.5 Å². The van der Waals surface area contributed by atoms with E-state index in [1.165, 1.54) is 12.3 Å². The van der Waals surface area contributed by atoms with Crippen LogP contribution in [-0.4, -0.2) is 67.9 Å². The number of carbonyl (C=O) groups excluding carboxylic acids is 1. The Bertz CT molecular complexity index is 1340. The van der Waals surface area contributed by atoms with Crippen LogP contribution in [0, 0.1) is 12.7 Å². The average Bonchev–Trinajstić information content (AvgIpc) is 3.15. The number of aryl methyl sites for hydroxylation is 1. The molecular formula is C22H23FN8O. The molecule has 4 aromatic rings. The molecule has 32 heavy (non-hydrogen) atoms. The molecule has 1 fully saturated rings. The summed E-state index contributed by atoms with van der Waals surface area (Å²) >= 11 is 0. The van der Waals surface area contributed by atoms with Crippen molar-refractivity contribution >= 4 is 34.1 Å². The first-order valence-electron chi connectivity index (χ1n) is 10.4. The third kappa shape index (κ3) is 3.52. The van der Waals surface area contributed by atoms with Gasteiger partial charge in [0.2, 0.25) is 0 Å². The van der Waals surface area contributed by atoms with E-state index in [2.05, 4.69) is 49.0 Å². The van der Waals surface area contributed by atoms with Gasteiger partial charge in [0.25, 0.3) is 5.91 Å². The Hall–Kier alpha value is -3.66. The SMILES string of the molecule is Cc1cn2cc(NC(=O)c3cnc(N4CCN(C)C(C)C4)c4nccnc34)cc(F)c2n1. The number of amides is 1. The minimum Gasteiger partial charge on any atom is -0.352 e. The van der Waals surface area contributed by atoms with Crippen LogP contribution in [0.4, 0.5) is 15.9 Å². The molecule has 4 aromatic heterocycles. The van der Waals surface area contributed by atoms with Crippen LogP contribution < -0.4 is 10.2 Å². The van der Waals surface area contributed by atoms with Gasteiger partial charge in [0, 0.05) is 62.7 Å². The van der Waals surface area contributed by atoms with Gasteiger partial charge in [-0.25, -0.2) is 19.3 Å². The summed E-state index contributed by atoms with van der Waals surface area (Å²) in [4.78, 5) is 35.2. The lowest BCUT2D eigenvalue weighted by atomic mass is 10.1. The normalized spacial score (nSPS) is 17.2. The van der Waals surface area contributed by atoms with E-state index < -0.39 is 11.7 Å². The van der Waals surface area contributed by atoms with Gasteiger partial charge in [-0.15, -0.1) is 0 Å². The summed E-state index contributed by atoms with van der Waals surface area (Å²) in [5, 5.41) is 2.75. The molecule has 5 heterocycles. The van der Waals surface area contributed by atoms with Crippen molar-refractivity contribution in [2.24, 2.45) is 0 Å². The van der Waals surface area contributed by atoms with Crippen LogP contribution in [0.1, 0.15) is 23.0 Å². The van der Waals surface area contributed by atoms with Gasteiger partial charge in [0.05, 0.1) is 16.9 Å². The van der Waals surface area contributed by atoms with Crippen LogP contribution in [0.2, 0.25) is 0 Å². The predicted molar refractivity (Wildman–Crippen MR) is 119 cm³/mol. The molecule has 1 amide bonds. The highest BCUT2D eigenvalue weighted by molar-refractivity contribution is 6.12. The molecule has 0 aromatic carbocycles. The molecule has 0 saturated carbocycles. The molecule has 0 aliphatic carbocycles. The van der Waals surface area contributed by atoms with Crippen LogP contribution in [0.5, 0.6) is 0 Å². The Morgan fingerprint density at radius 3 is 2.72 bits per heavy atom. The number of piperazine rings is 1. The highest BCUT2D eigenvalue weighted by Crippen LogP contribution is 2.26. The number of aromatic nitrogens is 5. The number of carbonyl (C=O) groups is 1. The standard InChI is InChI=1S/C22H23FN8O/c1-13-10-31-12-15(8-17(23)20(31)27-13)28-22(32)16-9-26-21(19-18(16)24-4-5-25-19)30-7-6-29(3)14(2)11-30/h4-5,8-10,12,14H,6-7,11H2,1-3H3,(H,28,32). The quantitative estimate of drug-likeness (QED) is 0.530. The topological polar surface area (TPSA) is 91.6 Å². The number of pyridine rings is 2. The van der Waals surface area contributed by atoms with E-state index in [0.29, 0.717) is 34.3 Å². The maximum Gasteiger partial charge on any atom is 0.259 e. The van der Waals surface area contributed by atoms with Gasteiger partial charge in [-0.05, 0) is 20.9 Å². The van der Waals surface area contributed by atoms with Gasteiger partial charge in [0.1, 0.15) is 11.0 Å². The lowest BCUT2D eigenvalue weighted by molar-refractivity contribution is 0.102. The van der Waals surface area contributed by atoms with E-state index in [1.807, 2.05) is 0 Å². The van der Waals surface area contributed by atoms with Gasteiger partial charge in [0.15, 0.2) is 17.3 Å². The second-order valence-corrected chi connectivity index (χ2v) is 8.17. The number of likely N-dealkylation sites (N-methyl/N-ethyl adjacent to an activating group) is 1. The first kappa shape index (κ1) is 20.3. The molecule has 1 N–H and O–H groups in total. The smallest absolute Gasteiger partial charge is 0.259 e. The molecule has 9 nitrogen and oxygen atoms in total. The van der Waals surface area contributed by atoms with Gasteiger partial charge in [-0.1, -0.05) is 0 Å². The van der Waals surface area contributed by atoms with E-state index in [-0.39, 0.29) is 11.2 Å². The number of hydrogen-bond acceptors (Lipinski definition) is 7. The largest absolute Gasteiger partial charge is 0.352 e. The summed E-state index contributed by atoms with van der Waals surface area (Å²) in [6, 6.07) is 1.62. The maximum absolute atomic E-state index is 14.4. The van der Waals surface area contributed by atoms with Crippen molar-refractivity contribution in [1.82, 2.24) is 29.2 Å². The number of imidazole rings is 1. The fraction of sp³-hybridized carbons (Fsp3) is 0.318. The van der Waals surface area contributed by atoms with Crippen LogP contribution in [0.3, 0.4) is 0 Å². The minimum absolute atomic E-state index is 0.212. The van der Waals surface area contributed by atoms with Crippen LogP contribution in [0.25, 0.3) is 16.7 Å². The predicted octanol–water partition coefficient (Wildman–Crippen LogP) is 2.51. The Balaban J connectivity index is 1.49. The van der Waals surface area contributed by atoms with Crippen molar-refractivity contribution in [3.63, 3.8) is 0 Å². The minimum atomic E-state index is -0.516. The number of nitrogens with zero attached hydrogens (tertiary/aromatic N) is 7. The summed E-state index contributed by atoms with van der Waals surface area (Å²) in [7, 11) is 2.10. The molecule has 0 spiro atoms. The van der Waals surface area contributed by atoms with E-state index in [1.54, 1.807) is 36.1 Å². The Kier molecular flexibility index (Phi) is 4.93. The Labute approximate surface area is 183 Å². The third-order valence-electron chi connectivity index (χ3n) is 5.87. The van der Waals surface area contributed by atoms with E-state index >= 15 is 0 Å². The number of rotatable bonds is 3. The molecule has 10 heteroatoms. The maximum atomic E-state index is 14.4. The fourth-order valence-corrected chi connectivity index (χ4v) is 4.03. The molecular weight excluding hydrogens is 411 g/mol. The molecule has 5 rings (SSSR count). The first-order valence-corrected chi connectivity index (χ1v) is 10.4. The van der Waals surface area contributed by atoms with Crippen molar-refractivity contribution in [3.05, 3.63) is 54.1 Å². The first-order chi connectivity index (χ1) is 15.4. The second-order valence-electron chi connectivity index (χ2n) is 8.17. The molecule has 1 aliphatic heterocycles.